The van der Waals surface area contributed by atoms with Crippen molar-refractivity contribution in [2.75, 3.05) is 33.4 Å². The third-order valence-corrected chi connectivity index (χ3v) is 2.61. The third-order valence-electron chi connectivity index (χ3n) is 2.61. The Morgan fingerprint density at radius 3 is 1.50 bits per heavy atom. The molecule has 0 aromatic carbocycles. The van der Waals surface area contributed by atoms with Gasteiger partial charge in [-0.25, -0.2) is 0 Å². The Kier molecular flexibility index (Phi) is 9.86. The second kappa shape index (κ2) is 9.99. The first kappa shape index (κ1) is 15.8. The van der Waals surface area contributed by atoms with Crippen LogP contribution in [-0.2, 0) is 0 Å². The largest absolute Gasteiger partial charge is 0.396 e. The van der Waals surface area contributed by atoms with Crippen LogP contribution in [-0.4, -0.2) is 70.9 Å². The molecule has 2 unspecified atom stereocenters. The molecule has 0 aliphatic heterocycles. The minimum absolute atomic E-state index is 0.0140. The van der Waals surface area contributed by atoms with E-state index in [1.165, 1.54) is 0 Å². The second-order valence-corrected chi connectivity index (χ2v) is 4.21. The van der Waals surface area contributed by atoms with E-state index in [1.807, 2.05) is 11.9 Å². The Hall–Kier alpha value is -0.200. The maximum atomic E-state index is 9.39. The predicted molar refractivity (Wildman–Crippen MR) is 62.2 cm³/mol. The van der Waals surface area contributed by atoms with E-state index in [0.29, 0.717) is 25.7 Å². The van der Waals surface area contributed by atoms with Crippen LogP contribution in [0.25, 0.3) is 0 Å². The van der Waals surface area contributed by atoms with E-state index in [0.717, 1.165) is 13.1 Å². The number of aliphatic hydroxyl groups is 4. The first-order valence-electron chi connectivity index (χ1n) is 5.86. The van der Waals surface area contributed by atoms with E-state index < -0.39 is 12.2 Å². The summed E-state index contributed by atoms with van der Waals surface area (Å²) >= 11 is 0. The zero-order valence-electron chi connectivity index (χ0n) is 10.0. The summed E-state index contributed by atoms with van der Waals surface area (Å²) in [4.78, 5) is 2.03. The van der Waals surface area contributed by atoms with E-state index in [4.69, 9.17) is 10.2 Å². The SMILES string of the molecule is CN(CCC(O)CCO)CCC(O)CCO. The van der Waals surface area contributed by atoms with Crippen molar-refractivity contribution in [1.29, 1.82) is 0 Å². The number of rotatable bonds is 10. The molecule has 0 aromatic rings. The molecule has 0 saturated heterocycles. The summed E-state index contributed by atoms with van der Waals surface area (Å²) in [6.45, 7) is 1.51. The highest BCUT2D eigenvalue weighted by Crippen LogP contribution is 2.02. The molecule has 0 fully saturated rings. The van der Waals surface area contributed by atoms with Gasteiger partial charge in [0.1, 0.15) is 0 Å². The Bertz CT molecular complexity index is 141. The predicted octanol–water partition coefficient (Wildman–Crippen LogP) is -0.815. The molecule has 4 N–H and O–H groups in total. The molecule has 0 rings (SSSR count). The summed E-state index contributed by atoms with van der Waals surface area (Å²) in [6.07, 6.45) is 1.20. The molecular weight excluding hydrogens is 210 g/mol. The summed E-state index contributed by atoms with van der Waals surface area (Å²) in [6, 6.07) is 0. The Morgan fingerprint density at radius 2 is 1.19 bits per heavy atom. The highest BCUT2D eigenvalue weighted by Gasteiger charge is 2.08. The fourth-order valence-corrected chi connectivity index (χ4v) is 1.44. The van der Waals surface area contributed by atoms with Crippen LogP contribution in [0.2, 0.25) is 0 Å². The number of hydrogen-bond acceptors (Lipinski definition) is 5. The fraction of sp³-hybridized carbons (Fsp3) is 1.00. The summed E-state index contributed by atoms with van der Waals surface area (Å²) < 4.78 is 0. The molecule has 0 spiro atoms. The molecule has 0 aliphatic rings. The van der Waals surface area contributed by atoms with Crippen molar-refractivity contribution in [3.63, 3.8) is 0 Å². The number of aliphatic hydroxyl groups excluding tert-OH is 4. The van der Waals surface area contributed by atoms with Crippen molar-refractivity contribution < 1.29 is 20.4 Å². The summed E-state index contributed by atoms with van der Waals surface area (Å²) in [5, 5.41) is 36.0. The van der Waals surface area contributed by atoms with E-state index in [9.17, 15) is 10.2 Å². The lowest BCUT2D eigenvalue weighted by Crippen LogP contribution is -2.27. The highest BCUT2D eigenvalue weighted by molar-refractivity contribution is 4.62. The van der Waals surface area contributed by atoms with Crippen LogP contribution in [0.1, 0.15) is 25.7 Å². The average molecular weight is 235 g/mol. The lowest BCUT2D eigenvalue weighted by Gasteiger charge is -2.19. The standard InChI is InChI=1S/C11H25NO4/c1-12(6-2-10(15)4-8-13)7-3-11(16)5-9-14/h10-11,13-16H,2-9H2,1H3. The quantitative estimate of drug-likeness (QED) is 0.398. The van der Waals surface area contributed by atoms with Crippen molar-refractivity contribution in [1.82, 2.24) is 4.90 Å². The maximum absolute atomic E-state index is 9.39. The summed E-state index contributed by atoms with van der Waals surface area (Å²) in [5.74, 6) is 0. The van der Waals surface area contributed by atoms with Crippen LogP contribution in [0.4, 0.5) is 0 Å². The zero-order valence-corrected chi connectivity index (χ0v) is 10.0. The smallest absolute Gasteiger partial charge is 0.0574 e. The van der Waals surface area contributed by atoms with Crippen molar-refractivity contribution in [3.8, 4) is 0 Å². The maximum Gasteiger partial charge on any atom is 0.0574 e. The molecule has 0 amide bonds. The lowest BCUT2D eigenvalue weighted by molar-refractivity contribution is 0.0994. The molecule has 2 atom stereocenters. The molecule has 0 heterocycles. The van der Waals surface area contributed by atoms with Crippen molar-refractivity contribution >= 4 is 0 Å². The molecule has 0 bridgehead atoms. The topological polar surface area (TPSA) is 84.2 Å². The van der Waals surface area contributed by atoms with Gasteiger partial charge < -0.3 is 25.3 Å². The van der Waals surface area contributed by atoms with Gasteiger partial charge in [-0.15, -0.1) is 0 Å². The van der Waals surface area contributed by atoms with Gasteiger partial charge in [-0.1, -0.05) is 0 Å². The van der Waals surface area contributed by atoms with Crippen LogP contribution in [0, 0.1) is 0 Å². The van der Waals surface area contributed by atoms with Gasteiger partial charge in [0.2, 0.25) is 0 Å². The molecule has 0 aromatic heterocycles. The van der Waals surface area contributed by atoms with Gasteiger partial charge in [0.15, 0.2) is 0 Å². The molecular formula is C11H25NO4. The van der Waals surface area contributed by atoms with E-state index in [-0.39, 0.29) is 13.2 Å². The molecule has 0 saturated carbocycles. The van der Waals surface area contributed by atoms with Crippen molar-refractivity contribution in [3.05, 3.63) is 0 Å². The van der Waals surface area contributed by atoms with Crippen LogP contribution < -0.4 is 0 Å². The summed E-state index contributed by atoms with van der Waals surface area (Å²) in [5.41, 5.74) is 0. The molecule has 5 heteroatoms. The van der Waals surface area contributed by atoms with Crippen molar-refractivity contribution in [2.24, 2.45) is 0 Å². The number of nitrogens with zero attached hydrogens (tertiary/aromatic N) is 1. The van der Waals surface area contributed by atoms with Gasteiger partial charge in [-0.3, -0.25) is 0 Å². The average Bonchev–Trinajstić information content (AvgIpc) is 2.24. The zero-order chi connectivity index (χ0) is 12.4. The summed E-state index contributed by atoms with van der Waals surface area (Å²) in [7, 11) is 1.93. The van der Waals surface area contributed by atoms with Gasteiger partial charge in [-0.05, 0) is 32.7 Å². The lowest BCUT2D eigenvalue weighted by atomic mass is 10.1. The fourth-order valence-electron chi connectivity index (χ4n) is 1.44. The first-order chi connectivity index (χ1) is 7.60. The van der Waals surface area contributed by atoms with E-state index >= 15 is 0 Å². The van der Waals surface area contributed by atoms with Gasteiger partial charge in [0.05, 0.1) is 12.2 Å². The first-order valence-corrected chi connectivity index (χ1v) is 5.86. The second-order valence-electron chi connectivity index (χ2n) is 4.21. The molecule has 5 nitrogen and oxygen atoms in total. The van der Waals surface area contributed by atoms with Crippen LogP contribution in [0.15, 0.2) is 0 Å². The van der Waals surface area contributed by atoms with Gasteiger partial charge in [0.25, 0.3) is 0 Å². The minimum Gasteiger partial charge on any atom is -0.396 e. The third kappa shape index (κ3) is 9.06. The monoisotopic (exact) mass is 235 g/mol. The Morgan fingerprint density at radius 1 is 0.812 bits per heavy atom. The van der Waals surface area contributed by atoms with Crippen LogP contribution in [0.5, 0.6) is 0 Å². The van der Waals surface area contributed by atoms with E-state index in [2.05, 4.69) is 0 Å². The van der Waals surface area contributed by atoms with E-state index in [1.54, 1.807) is 0 Å². The Labute approximate surface area is 97.3 Å². The molecule has 98 valence electrons. The minimum atomic E-state index is -0.449. The number of hydrogen-bond donors (Lipinski definition) is 4. The Balaban J connectivity index is 3.46. The highest BCUT2D eigenvalue weighted by atomic mass is 16.3. The normalized spacial score (nSPS) is 15.4. The molecule has 0 radical (unpaired) electrons. The molecule has 16 heavy (non-hydrogen) atoms. The van der Waals surface area contributed by atoms with Gasteiger partial charge in [0, 0.05) is 26.3 Å². The van der Waals surface area contributed by atoms with Crippen LogP contribution in [0.3, 0.4) is 0 Å². The molecule has 0 aliphatic carbocycles. The van der Waals surface area contributed by atoms with Crippen LogP contribution >= 0.6 is 0 Å². The van der Waals surface area contributed by atoms with Gasteiger partial charge in [-0.2, -0.15) is 0 Å². The van der Waals surface area contributed by atoms with Gasteiger partial charge >= 0.3 is 0 Å². The van der Waals surface area contributed by atoms with Crippen molar-refractivity contribution in [2.45, 2.75) is 37.9 Å².